The monoisotopic (exact) mass is 337 g/mol. The number of hydrogen-bond donors (Lipinski definition) is 2. The van der Waals surface area contributed by atoms with Gasteiger partial charge in [0.05, 0.1) is 28.7 Å². The van der Waals surface area contributed by atoms with E-state index in [4.69, 9.17) is 11.5 Å². The van der Waals surface area contributed by atoms with Crippen molar-refractivity contribution >= 4 is 11.9 Å². The van der Waals surface area contributed by atoms with Crippen molar-refractivity contribution in [3.05, 3.63) is 47.3 Å². The summed E-state index contributed by atoms with van der Waals surface area (Å²) >= 11 is 0. The predicted octanol–water partition coefficient (Wildman–Crippen LogP) is 2.18. The Morgan fingerprint density at radius 2 is 1.92 bits per heavy atom. The number of hydrogen-bond acceptors (Lipinski definition) is 2. The van der Waals surface area contributed by atoms with Crippen LogP contribution in [-0.2, 0) is 6.18 Å². The van der Waals surface area contributed by atoms with Crippen molar-refractivity contribution in [2.45, 2.75) is 24.9 Å². The molecule has 6 nitrogen and oxygen atoms in total. The zero-order valence-electron chi connectivity index (χ0n) is 12.4. The van der Waals surface area contributed by atoms with Crippen molar-refractivity contribution in [1.82, 2.24) is 9.78 Å². The average molecular weight is 337 g/mol. The molecule has 1 heterocycles. The summed E-state index contributed by atoms with van der Waals surface area (Å²) in [4.78, 5) is 15.6. The molecule has 0 aliphatic heterocycles. The Morgan fingerprint density at radius 3 is 2.50 bits per heavy atom. The number of alkyl halides is 3. The first-order valence-electron chi connectivity index (χ1n) is 7.17. The van der Waals surface area contributed by atoms with Gasteiger partial charge in [0, 0.05) is 5.92 Å². The number of carbonyl (C=O) groups excluding carboxylic acids is 1. The lowest BCUT2D eigenvalue weighted by Crippen LogP contribution is -2.24. The van der Waals surface area contributed by atoms with Gasteiger partial charge in [-0.15, -0.1) is 0 Å². The number of amides is 1. The molecule has 0 unspecified atom stereocenters. The predicted molar refractivity (Wildman–Crippen MR) is 80.7 cm³/mol. The lowest BCUT2D eigenvalue weighted by atomic mass is 10.1. The maximum Gasteiger partial charge on any atom is 0.418 e. The van der Waals surface area contributed by atoms with Crippen molar-refractivity contribution in [3.63, 3.8) is 0 Å². The molecule has 3 rings (SSSR count). The lowest BCUT2D eigenvalue weighted by molar-refractivity contribution is -0.137. The molecular formula is C15H14F3N5O. The fourth-order valence-corrected chi connectivity index (χ4v) is 2.54. The van der Waals surface area contributed by atoms with Gasteiger partial charge in [-0.25, -0.2) is 4.68 Å². The van der Waals surface area contributed by atoms with Crippen LogP contribution < -0.4 is 11.5 Å². The zero-order chi connectivity index (χ0) is 17.5. The van der Waals surface area contributed by atoms with E-state index in [1.165, 1.54) is 24.4 Å². The lowest BCUT2D eigenvalue weighted by Gasteiger charge is -2.15. The van der Waals surface area contributed by atoms with Crippen molar-refractivity contribution in [2.24, 2.45) is 16.5 Å². The molecule has 1 aliphatic rings. The van der Waals surface area contributed by atoms with Gasteiger partial charge in [0.2, 0.25) is 0 Å². The average Bonchev–Trinajstić information content (AvgIpc) is 3.23. The van der Waals surface area contributed by atoms with Gasteiger partial charge in [-0.2, -0.15) is 23.3 Å². The van der Waals surface area contributed by atoms with Crippen LogP contribution in [0.2, 0.25) is 0 Å². The molecule has 1 aliphatic carbocycles. The van der Waals surface area contributed by atoms with Crippen LogP contribution in [0.5, 0.6) is 0 Å². The molecule has 1 aromatic heterocycles. The van der Waals surface area contributed by atoms with Crippen molar-refractivity contribution in [3.8, 4) is 5.69 Å². The van der Waals surface area contributed by atoms with E-state index in [2.05, 4.69) is 10.1 Å². The van der Waals surface area contributed by atoms with E-state index in [0.717, 1.165) is 23.6 Å². The maximum atomic E-state index is 13.3. The van der Waals surface area contributed by atoms with E-state index in [-0.39, 0.29) is 17.2 Å². The highest BCUT2D eigenvalue weighted by Gasteiger charge is 2.37. The first-order valence-corrected chi connectivity index (χ1v) is 7.17. The van der Waals surface area contributed by atoms with Crippen LogP contribution in [0.1, 0.15) is 40.4 Å². The van der Waals surface area contributed by atoms with E-state index in [1.807, 2.05) is 0 Å². The second kappa shape index (κ2) is 5.66. The Kier molecular flexibility index (Phi) is 3.78. The molecule has 0 spiro atoms. The SMILES string of the molecule is NC(N)=NC(=O)c1cnn(-c2ccccc2C(F)(F)F)c1C1CC1. The second-order valence-electron chi connectivity index (χ2n) is 5.49. The number of halogens is 3. The number of nitrogens with zero attached hydrogens (tertiary/aromatic N) is 3. The third-order valence-electron chi connectivity index (χ3n) is 3.67. The molecule has 1 fully saturated rings. The minimum atomic E-state index is -4.53. The smallest absolute Gasteiger partial charge is 0.370 e. The summed E-state index contributed by atoms with van der Waals surface area (Å²) in [5.74, 6) is -1.17. The Labute approximate surface area is 135 Å². The Bertz CT molecular complexity index is 817. The standard InChI is InChI=1S/C15H14F3N5O/c16-15(17,18)10-3-1-2-4-11(10)23-12(8-5-6-8)9(7-21-23)13(24)22-14(19)20/h1-4,7-8H,5-6H2,(H4,19,20,22,24). The molecule has 9 heteroatoms. The van der Waals surface area contributed by atoms with E-state index in [0.29, 0.717) is 5.69 Å². The molecule has 0 bridgehead atoms. The first kappa shape index (κ1) is 16.0. The summed E-state index contributed by atoms with van der Waals surface area (Å²) in [7, 11) is 0. The zero-order valence-corrected chi connectivity index (χ0v) is 12.4. The number of rotatable bonds is 3. The molecule has 24 heavy (non-hydrogen) atoms. The molecule has 0 atom stereocenters. The van der Waals surface area contributed by atoms with Crippen molar-refractivity contribution in [2.75, 3.05) is 0 Å². The van der Waals surface area contributed by atoms with Crippen LogP contribution in [-0.4, -0.2) is 21.6 Å². The Balaban J connectivity index is 2.16. The number of carbonyl (C=O) groups is 1. The van der Waals surface area contributed by atoms with Gasteiger partial charge in [0.1, 0.15) is 0 Å². The second-order valence-corrected chi connectivity index (χ2v) is 5.49. The van der Waals surface area contributed by atoms with Crippen LogP contribution in [0.4, 0.5) is 13.2 Å². The number of para-hydroxylation sites is 1. The summed E-state index contributed by atoms with van der Waals surface area (Å²) in [6.45, 7) is 0. The summed E-state index contributed by atoms with van der Waals surface area (Å²) in [5.41, 5.74) is 9.97. The highest BCUT2D eigenvalue weighted by molar-refractivity contribution is 6.02. The molecule has 1 amide bonds. The fraction of sp³-hybridized carbons (Fsp3) is 0.267. The molecular weight excluding hydrogens is 323 g/mol. The van der Waals surface area contributed by atoms with E-state index < -0.39 is 23.6 Å². The van der Waals surface area contributed by atoms with Gasteiger partial charge in [-0.3, -0.25) is 4.79 Å². The van der Waals surface area contributed by atoms with Gasteiger partial charge >= 0.3 is 6.18 Å². The Morgan fingerprint density at radius 1 is 1.25 bits per heavy atom. The van der Waals surface area contributed by atoms with Gasteiger partial charge in [0.15, 0.2) is 5.96 Å². The summed E-state index contributed by atoms with van der Waals surface area (Å²) in [6.07, 6.45) is -1.80. The quantitative estimate of drug-likeness (QED) is 0.662. The molecule has 2 aromatic rings. The van der Waals surface area contributed by atoms with Gasteiger partial charge in [-0.1, -0.05) is 12.1 Å². The molecule has 126 valence electrons. The van der Waals surface area contributed by atoms with E-state index >= 15 is 0 Å². The third kappa shape index (κ3) is 2.97. The molecule has 1 aromatic carbocycles. The number of aromatic nitrogens is 2. The van der Waals surface area contributed by atoms with Crippen LogP contribution >= 0.6 is 0 Å². The normalized spacial score (nSPS) is 14.5. The number of aliphatic imine (C=N–C) groups is 1. The third-order valence-corrected chi connectivity index (χ3v) is 3.67. The van der Waals surface area contributed by atoms with E-state index in [9.17, 15) is 18.0 Å². The minimum Gasteiger partial charge on any atom is -0.370 e. The number of guanidine groups is 1. The van der Waals surface area contributed by atoms with Crippen molar-refractivity contribution < 1.29 is 18.0 Å². The van der Waals surface area contributed by atoms with Crippen LogP contribution in [0, 0.1) is 0 Å². The largest absolute Gasteiger partial charge is 0.418 e. The van der Waals surface area contributed by atoms with E-state index in [1.54, 1.807) is 0 Å². The van der Waals surface area contributed by atoms with Crippen LogP contribution in [0.15, 0.2) is 35.5 Å². The summed E-state index contributed by atoms with van der Waals surface area (Å²) < 4.78 is 40.9. The van der Waals surface area contributed by atoms with Crippen molar-refractivity contribution in [1.29, 1.82) is 0 Å². The first-order chi connectivity index (χ1) is 11.3. The number of benzene rings is 1. The van der Waals surface area contributed by atoms with Crippen LogP contribution in [0.3, 0.4) is 0 Å². The minimum absolute atomic E-state index is 0.0399. The Hall–Kier alpha value is -2.84. The molecule has 1 saturated carbocycles. The fourth-order valence-electron chi connectivity index (χ4n) is 2.54. The highest BCUT2D eigenvalue weighted by atomic mass is 19.4. The molecule has 4 N–H and O–H groups in total. The summed E-state index contributed by atoms with van der Waals surface area (Å²) in [5, 5.41) is 4.00. The number of nitrogens with two attached hydrogens (primary N) is 2. The van der Waals surface area contributed by atoms with Crippen LogP contribution in [0.25, 0.3) is 5.69 Å². The maximum absolute atomic E-state index is 13.3. The topological polar surface area (TPSA) is 99.3 Å². The summed E-state index contributed by atoms with van der Waals surface area (Å²) in [6, 6.07) is 5.08. The van der Waals surface area contributed by atoms with Gasteiger partial charge < -0.3 is 11.5 Å². The molecule has 0 radical (unpaired) electrons. The van der Waals surface area contributed by atoms with Gasteiger partial charge in [-0.05, 0) is 25.0 Å². The highest BCUT2D eigenvalue weighted by Crippen LogP contribution is 2.44. The van der Waals surface area contributed by atoms with Gasteiger partial charge in [0.25, 0.3) is 5.91 Å². The molecule has 0 saturated heterocycles.